The molecule has 0 aliphatic rings. The molecule has 23 heavy (non-hydrogen) atoms. The number of carbonyl (C=O) groups excluding carboxylic acids is 3. The molecule has 118 valence electrons. The smallest absolute Gasteiger partial charge is 0.314 e. The van der Waals surface area contributed by atoms with Crippen LogP contribution in [-0.2, 0) is 9.59 Å². The third kappa shape index (κ3) is 4.19. The molecule has 0 radical (unpaired) electrons. The zero-order chi connectivity index (χ0) is 17.0. The summed E-state index contributed by atoms with van der Waals surface area (Å²) in [6.07, 6.45) is 0. The maximum atomic E-state index is 13.0. The fourth-order valence-corrected chi connectivity index (χ4v) is 1.74. The number of anilines is 2. The minimum atomic E-state index is -1.14. The van der Waals surface area contributed by atoms with E-state index in [1.54, 1.807) is 0 Å². The lowest BCUT2D eigenvalue weighted by Crippen LogP contribution is -2.29. The molecule has 2 amide bonds. The number of carbonyl (C=O) groups is 3. The van der Waals surface area contributed by atoms with Crippen molar-refractivity contribution < 1.29 is 23.2 Å². The minimum Gasteiger partial charge on any atom is -0.318 e. The van der Waals surface area contributed by atoms with E-state index in [9.17, 15) is 23.2 Å². The van der Waals surface area contributed by atoms with E-state index < -0.39 is 23.4 Å². The summed E-state index contributed by atoms with van der Waals surface area (Å²) in [5.41, 5.74) is 0.741. The summed E-state index contributed by atoms with van der Waals surface area (Å²) in [6, 6.07) is 8.69. The minimum absolute atomic E-state index is 0.0454. The molecule has 2 aromatic carbocycles. The van der Waals surface area contributed by atoms with Crippen LogP contribution in [0.1, 0.15) is 17.3 Å². The van der Waals surface area contributed by atoms with Gasteiger partial charge in [0.05, 0.1) is 0 Å². The van der Waals surface area contributed by atoms with Gasteiger partial charge in [0.1, 0.15) is 0 Å². The molecule has 0 aromatic heterocycles. The number of benzene rings is 2. The molecular weight excluding hydrogens is 306 g/mol. The Morgan fingerprint density at radius 2 is 1.30 bits per heavy atom. The van der Waals surface area contributed by atoms with Gasteiger partial charge in [-0.3, -0.25) is 14.4 Å². The first kappa shape index (κ1) is 16.3. The lowest BCUT2D eigenvalue weighted by Gasteiger charge is -2.07. The van der Waals surface area contributed by atoms with Crippen LogP contribution in [0, 0.1) is 11.6 Å². The molecule has 2 N–H and O–H groups in total. The summed E-state index contributed by atoms with van der Waals surface area (Å²) in [5, 5.41) is 4.47. The van der Waals surface area contributed by atoms with Gasteiger partial charge in [-0.1, -0.05) is 0 Å². The van der Waals surface area contributed by atoms with Crippen LogP contribution in [0.5, 0.6) is 0 Å². The Bertz CT molecular complexity index is 773. The summed E-state index contributed by atoms with van der Waals surface area (Å²) >= 11 is 0. The van der Waals surface area contributed by atoms with E-state index in [0.717, 1.165) is 18.2 Å². The Hall–Kier alpha value is -3.09. The van der Waals surface area contributed by atoms with Crippen molar-refractivity contribution in [2.75, 3.05) is 10.6 Å². The summed E-state index contributed by atoms with van der Waals surface area (Å²) in [5.74, 6) is -4.34. The maximum Gasteiger partial charge on any atom is 0.314 e. The summed E-state index contributed by atoms with van der Waals surface area (Å²) in [4.78, 5) is 34.6. The molecular formula is C16H12F2N2O3. The van der Waals surface area contributed by atoms with E-state index in [4.69, 9.17) is 0 Å². The number of rotatable bonds is 3. The number of nitrogens with one attached hydrogen (secondary N) is 2. The van der Waals surface area contributed by atoms with Crippen LogP contribution in [0.2, 0.25) is 0 Å². The summed E-state index contributed by atoms with van der Waals surface area (Å²) in [7, 11) is 0. The van der Waals surface area contributed by atoms with Gasteiger partial charge in [-0.15, -0.1) is 0 Å². The lowest BCUT2D eigenvalue weighted by molar-refractivity contribution is -0.133. The fourth-order valence-electron chi connectivity index (χ4n) is 1.74. The van der Waals surface area contributed by atoms with Gasteiger partial charge in [-0.05, 0) is 43.3 Å². The number of ketones is 1. The van der Waals surface area contributed by atoms with Gasteiger partial charge in [-0.2, -0.15) is 0 Å². The zero-order valence-corrected chi connectivity index (χ0v) is 12.0. The van der Waals surface area contributed by atoms with Gasteiger partial charge in [0.15, 0.2) is 17.4 Å². The van der Waals surface area contributed by atoms with Gasteiger partial charge < -0.3 is 10.6 Å². The van der Waals surface area contributed by atoms with Crippen molar-refractivity contribution in [3.63, 3.8) is 0 Å². The topological polar surface area (TPSA) is 75.3 Å². The molecule has 2 rings (SSSR count). The largest absolute Gasteiger partial charge is 0.318 e. The molecule has 0 spiro atoms. The molecule has 2 aromatic rings. The Morgan fingerprint density at radius 1 is 0.783 bits per heavy atom. The van der Waals surface area contributed by atoms with Gasteiger partial charge in [0, 0.05) is 23.0 Å². The highest BCUT2D eigenvalue weighted by atomic mass is 19.2. The van der Waals surface area contributed by atoms with Crippen LogP contribution in [0.3, 0.4) is 0 Å². The summed E-state index contributed by atoms with van der Waals surface area (Å²) in [6.45, 7) is 1.41. The van der Waals surface area contributed by atoms with Crippen molar-refractivity contribution in [3.8, 4) is 0 Å². The van der Waals surface area contributed by atoms with Crippen molar-refractivity contribution >= 4 is 29.0 Å². The highest BCUT2D eigenvalue weighted by Crippen LogP contribution is 2.14. The van der Waals surface area contributed by atoms with E-state index in [1.807, 2.05) is 0 Å². The Balaban J connectivity index is 2.00. The molecule has 0 fully saturated rings. The van der Waals surface area contributed by atoms with Crippen LogP contribution in [0.15, 0.2) is 42.5 Å². The van der Waals surface area contributed by atoms with Crippen molar-refractivity contribution in [2.24, 2.45) is 0 Å². The number of amides is 2. The van der Waals surface area contributed by atoms with Gasteiger partial charge in [-0.25, -0.2) is 8.78 Å². The molecule has 0 heterocycles. The number of Topliss-reactive ketones (excluding diaryl/α,β-unsaturated/α-hetero) is 1. The van der Waals surface area contributed by atoms with Gasteiger partial charge >= 0.3 is 11.8 Å². The number of halogens is 2. The van der Waals surface area contributed by atoms with Crippen LogP contribution in [0.25, 0.3) is 0 Å². The quantitative estimate of drug-likeness (QED) is 0.675. The van der Waals surface area contributed by atoms with Crippen molar-refractivity contribution in [2.45, 2.75) is 6.92 Å². The number of hydrogen-bond donors (Lipinski definition) is 2. The third-order valence-electron chi connectivity index (χ3n) is 2.93. The summed E-state index contributed by atoms with van der Waals surface area (Å²) < 4.78 is 25.8. The molecule has 0 unspecified atom stereocenters. The average molecular weight is 318 g/mol. The standard InChI is InChI=1S/C16H12F2N2O3/c1-9(21)10-2-4-11(5-3-10)19-15(22)16(23)20-12-6-7-13(17)14(18)8-12/h2-8H,1H3,(H,19,22)(H,20,23). The molecule has 0 aliphatic heterocycles. The van der Waals surface area contributed by atoms with E-state index in [0.29, 0.717) is 11.3 Å². The van der Waals surface area contributed by atoms with Gasteiger partial charge in [0.25, 0.3) is 0 Å². The van der Waals surface area contributed by atoms with E-state index in [1.165, 1.54) is 31.2 Å². The predicted molar refractivity (Wildman–Crippen MR) is 80.1 cm³/mol. The highest BCUT2D eigenvalue weighted by Gasteiger charge is 2.15. The van der Waals surface area contributed by atoms with Crippen LogP contribution in [0.4, 0.5) is 20.2 Å². The van der Waals surface area contributed by atoms with Crippen molar-refractivity contribution in [3.05, 3.63) is 59.7 Å². The lowest BCUT2D eigenvalue weighted by atomic mass is 10.1. The van der Waals surface area contributed by atoms with E-state index in [2.05, 4.69) is 10.6 Å². The van der Waals surface area contributed by atoms with Crippen LogP contribution < -0.4 is 10.6 Å². The predicted octanol–water partition coefficient (Wildman–Crippen LogP) is 2.74. The first-order valence-corrected chi connectivity index (χ1v) is 6.55. The normalized spacial score (nSPS) is 10.0. The molecule has 0 atom stereocenters. The Labute approximate surface area is 130 Å². The number of hydrogen-bond acceptors (Lipinski definition) is 3. The molecule has 0 saturated heterocycles. The van der Waals surface area contributed by atoms with Crippen LogP contribution in [-0.4, -0.2) is 17.6 Å². The first-order valence-electron chi connectivity index (χ1n) is 6.55. The third-order valence-corrected chi connectivity index (χ3v) is 2.93. The monoisotopic (exact) mass is 318 g/mol. The Kier molecular flexibility index (Phi) is 4.80. The second kappa shape index (κ2) is 6.78. The fraction of sp³-hybridized carbons (Fsp3) is 0.0625. The van der Waals surface area contributed by atoms with Crippen molar-refractivity contribution in [1.29, 1.82) is 0 Å². The van der Waals surface area contributed by atoms with E-state index >= 15 is 0 Å². The SMILES string of the molecule is CC(=O)c1ccc(NC(=O)C(=O)Nc2ccc(F)c(F)c2)cc1. The maximum absolute atomic E-state index is 13.0. The van der Waals surface area contributed by atoms with Crippen LogP contribution >= 0.6 is 0 Å². The molecule has 0 bridgehead atoms. The first-order chi connectivity index (χ1) is 10.9. The second-order valence-electron chi connectivity index (χ2n) is 4.67. The highest BCUT2D eigenvalue weighted by molar-refractivity contribution is 6.43. The van der Waals surface area contributed by atoms with Gasteiger partial charge in [0.2, 0.25) is 0 Å². The average Bonchev–Trinajstić information content (AvgIpc) is 2.51. The van der Waals surface area contributed by atoms with Crippen molar-refractivity contribution in [1.82, 2.24) is 0 Å². The van der Waals surface area contributed by atoms with E-state index in [-0.39, 0.29) is 11.5 Å². The zero-order valence-electron chi connectivity index (χ0n) is 12.0. The second-order valence-corrected chi connectivity index (χ2v) is 4.67. The molecule has 5 nitrogen and oxygen atoms in total. The molecule has 0 aliphatic carbocycles. The Morgan fingerprint density at radius 3 is 1.83 bits per heavy atom. The molecule has 0 saturated carbocycles. The molecule has 7 heteroatoms.